The highest BCUT2D eigenvalue weighted by Gasteiger charge is 2.33. The first-order chi connectivity index (χ1) is 13.5. The van der Waals surface area contributed by atoms with Gasteiger partial charge in [0.15, 0.2) is 0 Å². The van der Waals surface area contributed by atoms with E-state index in [1.165, 1.54) is 0 Å². The number of hydrogen-bond acceptors (Lipinski definition) is 4. The van der Waals surface area contributed by atoms with Gasteiger partial charge in [0.1, 0.15) is 5.75 Å². The minimum atomic E-state index is -0.530. The Morgan fingerprint density at radius 1 is 1.25 bits per heavy atom. The van der Waals surface area contributed by atoms with Crippen molar-refractivity contribution in [2.45, 2.75) is 18.9 Å². The van der Waals surface area contributed by atoms with Gasteiger partial charge in [-0.3, -0.25) is 14.6 Å². The van der Waals surface area contributed by atoms with Crippen LogP contribution in [0.3, 0.4) is 0 Å². The molecule has 0 bridgehead atoms. The van der Waals surface area contributed by atoms with Gasteiger partial charge in [-0.15, -0.1) is 0 Å². The van der Waals surface area contributed by atoms with E-state index in [0.717, 1.165) is 22.0 Å². The second-order valence-corrected chi connectivity index (χ2v) is 6.99. The van der Waals surface area contributed by atoms with Crippen LogP contribution in [0.4, 0.5) is 5.69 Å². The SMILES string of the molecule is COc1ccc2c(c1)[C@H](C(=O)N(C)Cc1cnc3ccccc3c1)CC(=O)N2. The maximum atomic E-state index is 13.2. The van der Waals surface area contributed by atoms with E-state index in [4.69, 9.17) is 4.74 Å². The van der Waals surface area contributed by atoms with Gasteiger partial charge in [-0.05, 0) is 41.5 Å². The number of carbonyl (C=O) groups is 2. The number of anilines is 1. The standard InChI is InChI=1S/C22H21N3O3/c1-25(13-14-9-15-5-3-4-6-19(15)23-12-14)22(27)18-11-21(26)24-20-8-7-16(28-2)10-17(18)20/h3-10,12,18H,11,13H2,1-2H3,(H,24,26)/t18-/m1/s1. The molecule has 1 aromatic heterocycles. The molecule has 2 amide bonds. The number of amides is 2. The molecule has 6 heteroatoms. The number of pyridine rings is 1. The van der Waals surface area contributed by atoms with Gasteiger partial charge in [0.2, 0.25) is 11.8 Å². The van der Waals surface area contributed by atoms with Gasteiger partial charge in [-0.1, -0.05) is 18.2 Å². The summed E-state index contributed by atoms with van der Waals surface area (Å²) < 4.78 is 5.29. The molecule has 0 saturated heterocycles. The number of rotatable bonds is 4. The van der Waals surface area contributed by atoms with Crippen LogP contribution in [-0.4, -0.2) is 35.9 Å². The third kappa shape index (κ3) is 3.41. The summed E-state index contributed by atoms with van der Waals surface area (Å²) in [5.41, 5.74) is 3.31. The van der Waals surface area contributed by atoms with E-state index in [1.54, 1.807) is 37.4 Å². The van der Waals surface area contributed by atoms with Gasteiger partial charge >= 0.3 is 0 Å². The van der Waals surface area contributed by atoms with Crippen LogP contribution in [0.5, 0.6) is 5.75 Å². The zero-order valence-electron chi connectivity index (χ0n) is 15.8. The van der Waals surface area contributed by atoms with Crippen LogP contribution >= 0.6 is 0 Å². The van der Waals surface area contributed by atoms with Crippen molar-refractivity contribution in [2.75, 3.05) is 19.5 Å². The lowest BCUT2D eigenvalue weighted by Crippen LogP contribution is -2.36. The van der Waals surface area contributed by atoms with E-state index in [1.807, 2.05) is 36.4 Å². The van der Waals surface area contributed by atoms with Crippen molar-refractivity contribution in [2.24, 2.45) is 0 Å². The number of methoxy groups -OCH3 is 1. The fraction of sp³-hybridized carbons (Fsp3) is 0.227. The van der Waals surface area contributed by atoms with Crippen molar-refractivity contribution in [1.82, 2.24) is 9.88 Å². The van der Waals surface area contributed by atoms with Crippen LogP contribution in [0.1, 0.15) is 23.5 Å². The highest BCUT2D eigenvalue weighted by atomic mass is 16.5. The monoisotopic (exact) mass is 375 g/mol. The van der Waals surface area contributed by atoms with Crippen molar-refractivity contribution in [3.05, 3.63) is 65.9 Å². The molecule has 0 saturated carbocycles. The summed E-state index contributed by atoms with van der Waals surface area (Å²) in [6, 6.07) is 15.3. The molecule has 1 N–H and O–H groups in total. The number of nitrogens with zero attached hydrogens (tertiary/aromatic N) is 2. The van der Waals surface area contributed by atoms with Crippen LogP contribution in [0.25, 0.3) is 10.9 Å². The summed E-state index contributed by atoms with van der Waals surface area (Å²) in [7, 11) is 3.34. The second kappa shape index (κ2) is 7.31. The minimum absolute atomic E-state index is 0.0995. The molecule has 6 nitrogen and oxygen atoms in total. The van der Waals surface area contributed by atoms with Gasteiger partial charge < -0.3 is 15.0 Å². The van der Waals surface area contributed by atoms with E-state index in [-0.39, 0.29) is 18.2 Å². The molecule has 2 aromatic carbocycles. The average molecular weight is 375 g/mol. The van der Waals surface area contributed by atoms with E-state index in [0.29, 0.717) is 18.0 Å². The summed E-state index contributed by atoms with van der Waals surface area (Å²) in [6.45, 7) is 0.425. The van der Waals surface area contributed by atoms with E-state index in [9.17, 15) is 9.59 Å². The Morgan fingerprint density at radius 2 is 2.07 bits per heavy atom. The molecule has 1 aliphatic rings. The summed E-state index contributed by atoms with van der Waals surface area (Å²) in [4.78, 5) is 31.4. The Hall–Kier alpha value is -3.41. The number of aromatic nitrogens is 1. The molecule has 4 rings (SSSR count). The third-order valence-corrected chi connectivity index (χ3v) is 5.04. The number of carbonyl (C=O) groups excluding carboxylic acids is 2. The van der Waals surface area contributed by atoms with Crippen molar-refractivity contribution in [3.8, 4) is 5.75 Å². The lowest BCUT2D eigenvalue weighted by atomic mass is 9.89. The van der Waals surface area contributed by atoms with Crippen LogP contribution in [0.2, 0.25) is 0 Å². The quantitative estimate of drug-likeness (QED) is 0.759. The van der Waals surface area contributed by atoms with E-state index >= 15 is 0 Å². The Bertz CT molecular complexity index is 1060. The lowest BCUT2D eigenvalue weighted by Gasteiger charge is -2.29. The minimum Gasteiger partial charge on any atom is -0.497 e. The fourth-order valence-corrected chi connectivity index (χ4v) is 3.61. The van der Waals surface area contributed by atoms with Crippen molar-refractivity contribution in [3.63, 3.8) is 0 Å². The third-order valence-electron chi connectivity index (χ3n) is 5.04. The highest BCUT2D eigenvalue weighted by Crippen LogP contribution is 2.36. The summed E-state index contributed by atoms with van der Waals surface area (Å²) >= 11 is 0. The Kier molecular flexibility index (Phi) is 4.69. The molecule has 1 aliphatic heterocycles. The van der Waals surface area contributed by atoms with Crippen molar-refractivity contribution in [1.29, 1.82) is 0 Å². The van der Waals surface area contributed by atoms with Gasteiger partial charge in [-0.25, -0.2) is 0 Å². The molecule has 3 aromatic rings. The zero-order valence-corrected chi connectivity index (χ0v) is 15.8. The first kappa shape index (κ1) is 18.0. The number of nitrogens with one attached hydrogen (secondary N) is 1. The molecule has 142 valence electrons. The number of likely N-dealkylation sites (N-methyl/N-ethyl adjacent to an activating group) is 1. The molecule has 0 aliphatic carbocycles. The van der Waals surface area contributed by atoms with Gasteiger partial charge in [0.25, 0.3) is 0 Å². The maximum absolute atomic E-state index is 13.2. The predicted molar refractivity (Wildman–Crippen MR) is 107 cm³/mol. The summed E-state index contributed by atoms with van der Waals surface area (Å²) in [5.74, 6) is -0.124. The topological polar surface area (TPSA) is 71.5 Å². The van der Waals surface area contributed by atoms with Crippen LogP contribution in [0.15, 0.2) is 54.7 Å². The molecule has 1 atom stereocenters. The van der Waals surface area contributed by atoms with Crippen LogP contribution < -0.4 is 10.1 Å². The van der Waals surface area contributed by atoms with E-state index < -0.39 is 5.92 Å². The highest BCUT2D eigenvalue weighted by molar-refractivity contribution is 6.01. The first-order valence-corrected chi connectivity index (χ1v) is 9.11. The Balaban J connectivity index is 1.59. The number of benzene rings is 2. The zero-order chi connectivity index (χ0) is 19.7. The molecular formula is C22H21N3O3. The van der Waals surface area contributed by atoms with E-state index in [2.05, 4.69) is 10.3 Å². The average Bonchev–Trinajstić information content (AvgIpc) is 2.72. The molecule has 0 unspecified atom stereocenters. The molecule has 0 spiro atoms. The Labute approximate surface area is 163 Å². The van der Waals surface area contributed by atoms with Crippen LogP contribution in [-0.2, 0) is 16.1 Å². The van der Waals surface area contributed by atoms with Gasteiger partial charge in [0, 0.05) is 37.3 Å². The predicted octanol–water partition coefficient (Wildman–Crippen LogP) is 3.33. The fourth-order valence-electron chi connectivity index (χ4n) is 3.61. The number of ether oxygens (including phenoxy) is 1. The van der Waals surface area contributed by atoms with Crippen LogP contribution in [0, 0.1) is 0 Å². The Morgan fingerprint density at radius 3 is 2.89 bits per heavy atom. The normalized spacial score (nSPS) is 15.6. The van der Waals surface area contributed by atoms with Crippen molar-refractivity contribution < 1.29 is 14.3 Å². The number of fused-ring (bicyclic) bond motifs is 2. The second-order valence-electron chi connectivity index (χ2n) is 6.99. The summed E-state index contributed by atoms with van der Waals surface area (Å²) in [6.07, 6.45) is 1.91. The van der Waals surface area contributed by atoms with Gasteiger partial charge in [-0.2, -0.15) is 0 Å². The summed E-state index contributed by atoms with van der Waals surface area (Å²) in [5, 5.41) is 3.86. The molecule has 28 heavy (non-hydrogen) atoms. The number of hydrogen-bond donors (Lipinski definition) is 1. The molecular weight excluding hydrogens is 354 g/mol. The largest absolute Gasteiger partial charge is 0.497 e. The number of para-hydroxylation sites is 1. The molecule has 0 radical (unpaired) electrons. The van der Waals surface area contributed by atoms with Gasteiger partial charge in [0.05, 0.1) is 18.5 Å². The van der Waals surface area contributed by atoms with Crippen molar-refractivity contribution >= 4 is 28.4 Å². The first-order valence-electron chi connectivity index (χ1n) is 9.11. The lowest BCUT2D eigenvalue weighted by molar-refractivity contribution is -0.134. The smallest absolute Gasteiger partial charge is 0.230 e. The molecule has 0 fully saturated rings. The maximum Gasteiger partial charge on any atom is 0.230 e. The molecule has 2 heterocycles.